The maximum Gasteiger partial charge on any atom is 0.283 e. The number of carbonyl (C=O) groups excluding carboxylic acids is 1. The van der Waals surface area contributed by atoms with Crippen molar-refractivity contribution in [3.8, 4) is 0 Å². The van der Waals surface area contributed by atoms with Gasteiger partial charge in [0.1, 0.15) is 5.69 Å². The van der Waals surface area contributed by atoms with E-state index in [-0.39, 0.29) is 16.0 Å². The number of hydrogen-bond donors (Lipinski definition) is 2. The Morgan fingerprint density at radius 3 is 2.29 bits per heavy atom. The van der Waals surface area contributed by atoms with Gasteiger partial charge in [0.25, 0.3) is 15.9 Å². The van der Waals surface area contributed by atoms with E-state index in [4.69, 9.17) is 10.8 Å². The third kappa shape index (κ3) is 6.26. The molecule has 1 aromatic heterocycles. The van der Waals surface area contributed by atoms with E-state index in [2.05, 4.69) is 37.6 Å². The summed E-state index contributed by atoms with van der Waals surface area (Å²) in [5.41, 5.74) is 11.5. The second-order valence-electron chi connectivity index (χ2n) is 10.1. The Labute approximate surface area is 202 Å². The van der Waals surface area contributed by atoms with E-state index in [1.165, 1.54) is 18.2 Å². The molecule has 0 aliphatic carbocycles. The summed E-state index contributed by atoms with van der Waals surface area (Å²) >= 11 is 0. The summed E-state index contributed by atoms with van der Waals surface area (Å²) in [7, 11) is -4.09. The molecule has 0 fully saturated rings. The Balaban J connectivity index is 1.97. The van der Waals surface area contributed by atoms with Gasteiger partial charge in [0, 0.05) is 5.69 Å². The van der Waals surface area contributed by atoms with Crippen LogP contribution in [0.2, 0.25) is 0 Å². The minimum atomic E-state index is -4.09. The molecule has 0 saturated heterocycles. The summed E-state index contributed by atoms with van der Waals surface area (Å²) in [6.45, 7) is 12.9. The minimum Gasteiger partial charge on any atom is -0.399 e. The molecule has 1 amide bonds. The second kappa shape index (κ2) is 9.62. The van der Waals surface area contributed by atoms with E-state index >= 15 is 0 Å². The Bertz CT molecular complexity index is 1300. The molecule has 0 saturated carbocycles. The highest BCUT2D eigenvalue weighted by atomic mass is 32.2. The summed E-state index contributed by atoms with van der Waals surface area (Å²) < 4.78 is 29.4. The average Bonchev–Trinajstić information content (AvgIpc) is 3.11. The van der Waals surface area contributed by atoms with Crippen LogP contribution in [0.25, 0.3) is 0 Å². The number of aryl methyl sites for hydroxylation is 4. The fourth-order valence-electron chi connectivity index (χ4n) is 3.92. The quantitative estimate of drug-likeness (QED) is 0.481. The number of benzene rings is 2. The van der Waals surface area contributed by atoms with E-state index < -0.39 is 15.9 Å². The van der Waals surface area contributed by atoms with Gasteiger partial charge in [-0.1, -0.05) is 44.5 Å². The molecular formula is C26H34N4O3S. The lowest BCUT2D eigenvalue weighted by Gasteiger charge is -2.16. The third-order valence-corrected chi connectivity index (χ3v) is 7.07. The molecule has 0 aliphatic heterocycles. The molecule has 3 N–H and O–H groups in total. The number of nitrogens with two attached hydrogens (primary N) is 1. The van der Waals surface area contributed by atoms with Crippen molar-refractivity contribution in [3.05, 3.63) is 76.1 Å². The van der Waals surface area contributed by atoms with Crippen LogP contribution in [0.3, 0.4) is 0 Å². The zero-order valence-electron chi connectivity index (χ0n) is 20.8. The van der Waals surface area contributed by atoms with Crippen LogP contribution in [0.15, 0.2) is 47.4 Å². The summed E-state index contributed by atoms with van der Waals surface area (Å²) in [6, 6.07) is 11.7. The molecule has 2 aromatic carbocycles. The first-order valence-corrected chi connectivity index (χ1v) is 12.8. The van der Waals surface area contributed by atoms with Gasteiger partial charge in [-0.15, -0.1) is 0 Å². The first-order valence-electron chi connectivity index (χ1n) is 11.3. The van der Waals surface area contributed by atoms with Crippen molar-refractivity contribution < 1.29 is 13.2 Å². The normalized spacial score (nSPS) is 12.1. The van der Waals surface area contributed by atoms with Crippen molar-refractivity contribution in [2.45, 2.75) is 65.8 Å². The lowest BCUT2D eigenvalue weighted by Crippen LogP contribution is -2.32. The van der Waals surface area contributed by atoms with Crippen molar-refractivity contribution in [2.24, 2.45) is 5.41 Å². The third-order valence-electron chi connectivity index (χ3n) is 5.74. The number of amides is 1. The Hall–Kier alpha value is -3.13. The van der Waals surface area contributed by atoms with Crippen molar-refractivity contribution in [1.82, 2.24) is 14.5 Å². The molecule has 8 heteroatoms. The summed E-state index contributed by atoms with van der Waals surface area (Å²) in [4.78, 5) is 13.1. The van der Waals surface area contributed by atoms with E-state index in [9.17, 15) is 13.2 Å². The van der Waals surface area contributed by atoms with Gasteiger partial charge >= 0.3 is 0 Å². The molecule has 0 radical (unpaired) electrons. The number of nitrogens with one attached hydrogen (secondary N) is 1. The van der Waals surface area contributed by atoms with Gasteiger partial charge in [-0.2, -0.15) is 5.10 Å². The van der Waals surface area contributed by atoms with Gasteiger partial charge < -0.3 is 5.73 Å². The standard InChI is InChI=1S/C26H34N4O3S/c1-17-12-18(2)23(19(3)13-17)16-30-24(15-21(28-30)10-11-26(4,5)6)25(31)29-34(32,33)22-9-7-8-20(27)14-22/h7-9,12-15H,10-11,16,27H2,1-6H3,(H,29,31). The number of anilines is 1. The molecule has 0 bridgehead atoms. The van der Waals surface area contributed by atoms with Crippen LogP contribution in [0.4, 0.5) is 5.69 Å². The molecular weight excluding hydrogens is 448 g/mol. The molecule has 0 atom stereocenters. The average molecular weight is 483 g/mol. The van der Waals surface area contributed by atoms with Gasteiger partial charge in [0.2, 0.25) is 0 Å². The van der Waals surface area contributed by atoms with Gasteiger partial charge in [0.15, 0.2) is 0 Å². The second-order valence-corrected chi connectivity index (χ2v) is 11.8. The van der Waals surface area contributed by atoms with Gasteiger partial charge in [0.05, 0.1) is 17.1 Å². The number of hydrogen-bond acceptors (Lipinski definition) is 5. The molecule has 0 unspecified atom stereocenters. The van der Waals surface area contributed by atoms with Crippen LogP contribution >= 0.6 is 0 Å². The van der Waals surface area contributed by atoms with Crippen LogP contribution in [-0.4, -0.2) is 24.1 Å². The van der Waals surface area contributed by atoms with Crippen molar-refractivity contribution in [3.63, 3.8) is 0 Å². The van der Waals surface area contributed by atoms with Crippen LogP contribution in [-0.2, 0) is 23.0 Å². The molecule has 7 nitrogen and oxygen atoms in total. The minimum absolute atomic E-state index is 0.0647. The smallest absolute Gasteiger partial charge is 0.283 e. The highest BCUT2D eigenvalue weighted by Crippen LogP contribution is 2.23. The Morgan fingerprint density at radius 1 is 1.06 bits per heavy atom. The van der Waals surface area contributed by atoms with Crippen LogP contribution in [0.5, 0.6) is 0 Å². The van der Waals surface area contributed by atoms with Gasteiger partial charge in [-0.3, -0.25) is 9.48 Å². The van der Waals surface area contributed by atoms with E-state index in [1.54, 1.807) is 16.8 Å². The van der Waals surface area contributed by atoms with Crippen LogP contribution in [0, 0.1) is 26.2 Å². The molecule has 0 aliphatic rings. The maximum atomic E-state index is 13.2. The van der Waals surface area contributed by atoms with Gasteiger partial charge in [-0.25, -0.2) is 13.1 Å². The molecule has 182 valence electrons. The van der Waals surface area contributed by atoms with Crippen molar-refractivity contribution in [1.29, 1.82) is 0 Å². The number of sulfonamides is 1. The van der Waals surface area contributed by atoms with Crippen molar-refractivity contribution in [2.75, 3.05) is 5.73 Å². The molecule has 0 spiro atoms. The summed E-state index contributed by atoms with van der Waals surface area (Å²) in [5, 5.41) is 4.69. The fourth-order valence-corrected chi connectivity index (χ4v) is 4.94. The fraction of sp³-hybridized carbons (Fsp3) is 0.385. The highest BCUT2D eigenvalue weighted by Gasteiger charge is 2.24. The SMILES string of the molecule is Cc1cc(C)c(Cn2nc(CCC(C)(C)C)cc2C(=O)NS(=O)(=O)c2cccc(N)c2)c(C)c1. The lowest BCUT2D eigenvalue weighted by molar-refractivity contribution is 0.0971. The van der Waals surface area contributed by atoms with E-state index in [1.807, 2.05) is 20.8 Å². The summed E-state index contributed by atoms with van der Waals surface area (Å²) in [5.74, 6) is -0.723. The number of carbonyl (C=O) groups is 1. The largest absolute Gasteiger partial charge is 0.399 e. The molecule has 3 rings (SSSR count). The predicted molar refractivity (Wildman–Crippen MR) is 135 cm³/mol. The molecule has 1 heterocycles. The number of rotatable bonds is 7. The summed E-state index contributed by atoms with van der Waals surface area (Å²) in [6.07, 6.45) is 1.57. The number of nitrogen functional groups attached to an aromatic ring is 1. The number of aromatic nitrogens is 2. The highest BCUT2D eigenvalue weighted by molar-refractivity contribution is 7.90. The Morgan fingerprint density at radius 2 is 1.71 bits per heavy atom. The van der Waals surface area contributed by atoms with Crippen LogP contribution in [0.1, 0.15) is 65.6 Å². The van der Waals surface area contributed by atoms with E-state index in [0.717, 1.165) is 34.4 Å². The zero-order chi connectivity index (χ0) is 25.3. The lowest BCUT2D eigenvalue weighted by atomic mass is 9.90. The van der Waals surface area contributed by atoms with Gasteiger partial charge in [-0.05, 0) is 80.0 Å². The van der Waals surface area contributed by atoms with Crippen molar-refractivity contribution >= 4 is 21.6 Å². The molecule has 34 heavy (non-hydrogen) atoms. The first kappa shape index (κ1) is 25.5. The molecule has 3 aromatic rings. The van der Waals surface area contributed by atoms with E-state index in [0.29, 0.717) is 18.7 Å². The first-order chi connectivity index (χ1) is 15.7. The monoisotopic (exact) mass is 482 g/mol. The maximum absolute atomic E-state index is 13.2. The predicted octanol–water partition coefficient (Wildman–Crippen LogP) is 4.54. The van der Waals surface area contributed by atoms with Crippen LogP contribution < -0.4 is 10.5 Å². The topological polar surface area (TPSA) is 107 Å². The zero-order valence-corrected chi connectivity index (χ0v) is 21.6. The Kier molecular flexibility index (Phi) is 7.21. The number of nitrogens with zero attached hydrogens (tertiary/aromatic N) is 2.